The average Bonchev–Trinajstić information content (AvgIpc) is 2.51. The Kier molecular flexibility index (Phi) is 38.3. The van der Waals surface area contributed by atoms with Gasteiger partial charge in [-0.25, -0.2) is 0 Å². The molecule has 0 saturated carbocycles. The summed E-state index contributed by atoms with van der Waals surface area (Å²) in [6.45, 7) is 9.00. The molecule has 1 aliphatic rings. The Morgan fingerprint density at radius 2 is 1.00 bits per heavy atom. The van der Waals surface area contributed by atoms with Crippen LogP contribution < -0.4 is 0 Å². The van der Waals surface area contributed by atoms with Gasteiger partial charge in [0, 0.05) is 25.9 Å². The SMILES string of the molecule is [C-]#[O+].[C-]#[O+].[CH]1C=CC=C1.[Rh]. The van der Waals surface area contributed by atoms with E-state index >= 15 is 0 Å². The van der Waals surface area contributed by atoms with Crippen LogP contribution in [0.15, 0.2) is 24.3 Å². The predicted octanol–water partition coefficient (Wildman–Crippen LogP) is 1.24. The summed E-state index contributed by atoms with van der Waals surface area (Å²) in [5.41, 5.74) is 0. The van der Waals surface area contributed by atoms with E-state index in [1.54, 1.807) is 0 Å². The molecule has 0 fully saturated rings. The summed E-state index contributed by atoms with van der Waals surface area (Å²) in [6, 6.07) is 0. The van der Waals surface area contributed by atoms with Gasteiger partial charge < -0.3 is 0 Å². The van der Waals surface area contributed by atoms with Gasteiger partial charge in [0.2, 0.25) is 0 Å². The minimum Gasteiger partial charge on any atom is -0.0767 e. The summed E-state index contributed by atoms with van der Waals surface area (Å²) >= 11 is 0. The van der Waals surface area contributed by atoms with Crippen LogP contribution in [0.2, 0.25) is 0 Å². The maximum absolute atomic E-state index is 7.50. The maximum Gasteiger partial charge on any atom is 0.00506 e. The van der Waals surface area contributed by atoms with Gasteiger partial charge in [0.05, 0.1) is 0 Å². The van der Waals surface area contributed by atoms with Gasteiger partial charge in [-0.3, -0.25) is 0 Å². The smallest absolute Gasteiger partial charge is 0.00506 e. The molecule has 54 valence electrons. The minimum absolute atomic E-state index is 0. The molecule has 0 unspecified atom stereocenters. The molecule has 0 aromatic carbocycles. The second kappa shape index (κ2) is 23.5. The van der Waals surface area contributed by atoms with Crippen molar-refractivity contribution in [1.29, 1.82) is 0 Å². The van der Waals surface area contributed by atoms with Gasteiger partial charge in [-0.15, -0.1) is 0 Å². The van der Waals surface area contributed by atoms with Gasteiger partial charge in [-0.1, -0.05) is 24.3 Å². The van der Waals surface area contributed by atoms with Crippen LogP contribution in [0.5, 0.6) is 0 Å². The molecule has 0 N–H and O–H groups in total. The molecule has 0 bridgehead atoms. The van der Waals surface area contributed by atoms with Gasteiger partial charge in [-0.2, -0.15) is 0 Å². The van der Waals surface area contributed by atoms with Crippen molar-refractivity contribution in [2.45, 2.75) is 0 Å². The van der Waals surface area contributed by atoms with E-state index in [9.17, 15) is 0 Å². The van der Waals surface area contributed by atoms with E-state index in [4.69, 9.17) is 9.30 Å². The minimum atomic E-state index is 0. The van der Waals surface area contributed by atoms with Crippen molar-refractivity contribution in [3.8, 4) is 0 Å². The summed E-state index contributed by atoms with van der Waals surface area (Å²) in [6.07, 6.45) is 10.0. The summed E-state index contributed by atoms with van der Waals surface area (Å²) in [7, 11) is 0. The van der Waals surface area contributed by atoms with Crippen molar-refractivity contribution < 1.29 is 28.8 Å². The molecule has 0 atom stereocenters. The fourth-order valence-corrected chi connectivity index (χ4v) is 0.321. The molecule has 0 spiro atoms. The molecule has 1 aliphatic carbocycles. The summed E-state index contributed by atoms with van der Waals surface area (Å²) < 4.78 is 15.0. The molecule has 1 rings (SSSR count). The van der Waals surface area contributed by atoms with E-state index in [0.29, 0.717) is 0 Å². The number of rotatable bonds is 0. The second-order valence-electron chi connectivity index (χ2n) is 0.962. The van der Waals surface area contributed by atoms with Gasteiger partial charge in [0.25, 0.3) is 0 Å². The zero-order valence-electron chi connectivity index (χ0n) is 5.04. The van der Waals surface area contributed by atoms with Crippen molar-refractivity contribution in [2.75, 3.05) is 0 Å². The standard InChI is InChI=1S/C5H5.2CO.Rh/c1-2-4-5-3-1;2*1-2;/h1-5H;;;. The molecular weight excluding hydrogens is 219 g/mol. The zero-order chi connectivity index (χ0) is 7.54. The monoisotopic (exact) mass is 224 g/mol. The summed E-state index contributed by atoms with van der Waals surface area (Å²) in [5, 5.41) is 0. The van der Waals surface area contributed by atoms with Gasteiger partial charge in [0.15, 0.2) is 0 Å². The third-order valence-electron chi connectivity index (χ3n) is 0.556. The molecule has 0 saturated heterocycles. The Morgan fingerprint density at radius 1 is 0.700 bits per heavy atom. The topological polar surface area (TPSA) is 39.8 Å². The van der Waals surface area contributed by atoms with E-state index in [0.717, 1.165) is 0 Å². The van der Waals surface area contributed by atoms with Crippen molar-refractivity contribution in [2.24, 2.45) is 0 Å². The Balaban J connectivity index is -0.0000000875. The van der Waals surface area contributed by atoms with Crippen molar-refractivity contribution in [3.63, 3.8) is 0 Å². The van der Waals surface area contributed by atoms with E-state index < -0.39 is 0 Å². The first-order chi connectivity index (χ1) is 4.50. The van der Waals surface area contributed by atoms with Gasteiger partial charge >= 0.3 is 22.6 Å². The third-order valence-corrected chi connectivity index (χ3v) is 0.556. The first kappa shape index (κ1) is 16.3. The maximum atomic E-state index is 7.50. The molecule has 10 heavy (non-hydrogen) atoms. The molecule has 0 amide bonds. The van der Waals surface area contributed by atoms with E-state index in [1.807, 2.05) is 30.7 Å². The number of allylic oxidation sites excluding steroid dienone is 4. The molecular formula is C7H5O2Rh. The Hall–Kier alpha value is -0.417. The van der Waals surface area contributed by atoms with Crippen LogP contribution in [0.25, 0.3) is 0 Å². The molecule has 0 aliphatic heterocycles. The molecule has 0 aromatic heterocycles. The predicted molar refractivity (Wildman–Crippen MR) is 30.4 cm³/mol. The van der Waals surface area contributed by atoms with E-state index in [-0.39, 0.29) is 19.5 Å². The Morgan fingerprint density at radius 3 is 1.10 bits per heavy atom. The third kappa shape index (κ3) is 15.6. The van der Waals surface area contributed by atoms with Crippen LogP contribution in [0, 0.1) is 19.7 Å². The van der Waals surface area contributed by atoms with Crippen LogP contribution in [0.3, 0.4) is 0 Å². The zero-order valence-corrected chi connectivity index (χ0v) is 6.68. The second-order valence-corrected chi connectivity index (χ2v) is 0.962. The van der Waals surface area contributed by atoms with Crippen LogP contribution in [-0.4, -0.2) is 0 Å². The first-order valence-electron chi connectivity index (χ1n) is 2.07. The van der Waals surface area contributed by atoms with Gasteiger partial charge in [0.1, 0.15) is 0 Å². The largest absolute Gasteiger partial charge is 0.0767 e. The molecule has 2 radical (unpaired) electrons. The molecule has 0 aromatic rings. The first-order valence-corrected chi connectivity index (χ1v) is 2.07. The quantitative estimate of drug-likeness (QED) is 0.337. The normalized spacial score (nSPS) is 9.20. The Bertz CT molecular complexity index is 117. The Labute approximate surface area is 73.2 Å². The number of hydrogen-bond donors (Lipinski definition) is 0. The summed E-state index contributed by atoms with van der Waals surface area (Å²) in [4.78, 5) is 0. The molecule has 2 nitrogen and oxygen atoms in total. The molecule has 3 heteroatoms. The van der Waals surface area contributed by atoms with Crippen molar-refractivity contribution in [1.82, 2.24) is 0 Å². The van der Waals surface area contributed by atoms with Crippen LogP contribution in [0.4, 0.5) is 0 Å². The van der Waals surface area contributed by atoms with Crippen LogP contribution in [-0.2, 0) is 28.8 Å². The fraction of sp³-hybridized carbons (Fsp3) is 0. The summed E-state index contributed by atoms with van der Waals surface area (Å²) in [5.74, 6) is 0. The van der Waals surface area contributed by atoms with Gasteiger partial charge in [-0.05, 0) is 0 Å². The van der Waals surface area contributed by atoms with Crippen molar-refractivity contribution >= 4 is 0 Å². The average molecular weight is 224 g/mol. The van der Waals surface area contributed by atoms with E-state index in [1.165, 1.54) is 0 Å². The van der Waals surface area contributed by atoms with E-state index in [2.05, 4.69) is 13.3 Å². The molecule has 0 heterocycles. The fourth-order valence-electron chi connectivity index (χ4n) is 0.321. The van der Waals surface area contributed by atoms with Crippen LogP contribution in [0.1, 0.15) is 0 Å². The number of hydrogen-bond acceptors (Lipinski definition) is 0. The van der Waals surface area contributed by atoms with Crippen LogP contribution >= 0.6 is 0 Å². The van der Waals surface area contributed by atoms with Crippen molar-refractivity contribution in [3.05, 3.63) is 44.0 Å².